The van der Waals surface area contributed by atoms with Crippen molar-refractivity contribution < 1.29 is 14.4 Å². The van der Waals surface area contributed by atoms with Crippen LogP contribution in [0.15, 0.2) is 42.5 Å². The van der Waals surface area contributed by atoms with Crippen molar-refractivity contribution in [1.29, 1.82) is 0 Å². The van der Waals surface area contributed by atoms with Crippen LogP contribution in [-0.4, -0.2) is 53.7 Å². The molecule has 0 saturated carbocycles. The van der Waals surface area contributed by atoms with Gasteiger partial charge in [0.15, 0.2) is 0 Å². The number of rotatable bonds is 3. The smallest absolute Gasteiger partial charge is 0.228 e. The van der Waals surface area contributed by atoms with E-state index in [1.54, 1.807) is 4.90 Å². The molecule has 5 rings (SSSR count). The Morgan fingerprint density at radius 1 is 0.824 bits per heavy atom. The molecule has 0 aromatic heterocycles. The van der Waals surface area contributed by atoms with Crippen molar-refractivity contribution in [2.75, 3.05) is 31.1 Å². The van der Waals surface area contributed by atoms with Gasteiger partial charge in [0.25, 0.3) is 0 Å². The lowest BCUT2D eigenvalue weighted by Gasteiger charge is -2.36. The quantitative estimate of drug-likeness (QED) is 0.706. The number of aryl methyl sites for hydroxylation is 1. The third-order valence-electron chi connectivity index (χ3n) is 7.94. The summed E-state index contributed by atoms with van der Waals surface area (Å²) >= 11 is 0. The molecule has 0 aliphatic carbocycles. The lowest BCUT2D eigenvalue weighted by atomic mass is 9.92. The fraction of sp³-hybridized carbons (Fsp3) is 0.464. The molecule has 3 aliphatic heterocycles. The number of amides is 3. The summed E-state index contributed by atoms with van der Waals surface area (Å²) in [5.41, 5.74) is 5.72. The van der Waals surface area contributed by atoms with Gasteiger partial charge in [0.2, 0.25) is 17.7 Å². The van der Waals surface area contributed by atoms with E-state index in [2.05, 4.69) is 18.2 Å². The van der Waals surface area contributed by atoms with Gasteiger partial charge in [0.05, 0.1) is 5.92 Å². The van der Waals surface area contributed by atoms with E-state index in [4.69, 9.17) is 0 Å². The topological polar surface area (TPSA) is 60.9 Å². The maximum Gasteiger partial charge on any atom is 0.228 e. The largest absolute Gasteiger partial charge is 0.342 e. The van der Waals surface area contributed by atoms with E-state index in [0.29, 0.717) is 39.0 Å². The van der Waals surface area contributed by atoms with Crippen LogP contribution >= 0.6 is 0 Å². The van der Waals surface area contributed by atoms with Crippen LogP contribution in [-0.2, 0) is 27.3 Å². The van der Waals surface area contributed by atoms with Gasteiger partial charge in [-0.1, -0.05) is 36.4 Å². The van der Waals surface area contributed by atoms with Crippen LogP contribution in [0, 0.1) is 25.7 Å². The van der Waals surface area contributed by atoms with Gasteiger partial charge in [-0.25, -0.2) is 0 Å². The highest BCUT2D eigenvalue weighted by molar-refractivity contribution is 6.01. The zero-order chi connectivity index (χ0) is 23.8. The van der Waals surface area contributed by atoms with E-state index in [-0.39, 0.29) is 36.0 Å². The van der Waals surface area contributed by atoms with Crippen LogP contribution in [0.2, 0.25) is 0 Å². The van der Waals surface area contributed by atoms with Crippen molar-refractivity contribution in [2.24, 2.45) is 11.8 Å². The summed E-state index contributed by atoms with van der Waals surface area (Å²) < 4.78 is 0. The number of hydrogen-bond acceptors (Lipinski definition) is 3. The molecule has 1 atom stereocenters. The number of hydrogen-bond donors (Lipinski definition) is 0. The van der Waals surface area contributed by atoms with E-state index in [9.17, 15) is 14.4 Å². The van der Waals surface area contributed by atoms with Crippen LogP contribution in [0.25, 0.3) is 0 Å². The molecular formula is C28H33N3O3. The molecule has 2 aromatic rings. The highest BCUT2D eigenvalue weighted by atomic mass is 16.2. The first-order valence-corrected chi connectivity index (χ1v) is 12.4. The molecule has 0 N–H and O–H groups in total. The minimum absolute atomic E-state index is 0.0162. The Balaban J connectivity index is 1.17. The zero-order valence-electron chi connectivity index (χ0n) is 20.1. The summed E-state index contributed by atoms with van der Waals surface area (Å²) in [6, 6.07) is 14.3. The molecule has 3 amide bonds. The number of likely N-dealkylation sites (tertiary alicyclic amines) is 1. The van der Waals surface area contributed by atoms with Gasteiger partial charge in [-0.3, -0.25) is 14.4 Å². The van der Waals surface area contributed by atoms with Crippen molar-refractivity contribution in [3.63, 3.8) is 0 Å². The summed E-state index contributed by atoms with van der Waals surface area (Å²) in [5.74, 6) is -0.0376. The molecule has 2 aromatic carbocycles. The number of carbonyl (C=O) groups excluding carboxylic acids is 3. The predicted molar refractivity (Wildman–Crippen MR) is 131 cm³/mol. The molecule has 0 spiro atoms. The molecule has 3 heterocycles. The van der Waals surface area contributed by atoms with Crippen molar-refractivity contribution in [1.82, 2.24) is 9.80 Å². The molecule has 178 valence electrons. The Labute approximate surface area is 201 Å². The van der Waals surface area contributed by atoms with Gasteiger partial charge >= 0.3 is 0 Å². The summed E-state index contributed by atoms with van der Waals surface area (Å²) in [4.78, 5) is 44.8. The lowest BCUT2D eigenvalue weighted by Crippen LogP contribution is -2.47. The monoisotopic (exact) mass is 459 g/mol. The van der Waals surface area contributed by atoms with Gasteiger partial charge < -0.3 is 14.7 Å². The van der Waals surface area contributed by atoms with Crippen molar-refractivity contribution in [3.05, 3.63) is 64.7 Å². The van der Waals surface area contributed by atoms with Gasteiger partial charge in [-0.2, -0.15) is 0 Å². The molecule has 0 radical (unpaired) electrons. The van der Waals surface area contributed by atoms with E-state index >= 15 is 0 Å². The Morgan fingerprint density at radius 2 is 1.53 bits per heavy atom. The zero-order valence-corrected chi connectivity index (χ0v) is 20.1. The van der Waals surface area contributed by atoms with Gasteiger partial charge in [0.1, 0.15) is 0 Å². The Hall–Kier alpha value is -3.15. The predicted octanol–water partition coefficient (Wildman–Crippen LogP) is 3.48. The van der Waals surface area contributed by atoms with Crippen molar-refractivity contribution in [2.45, 2.75) is 46.1 Å². The molecule has 34 heavy (non-hydrogen) atoms. The second-order valence-electron chi connectivity index (χ2n) is 10.0. The fourth-order valence-corrected chi connectivity index (χ4v) is 5.68. The maximum atomic E-state index is 13.2. The molecule has 6 heteroatoms. The minimum Gasteiger partial charge on any atom is -0.342 e. The second kappa shape index (κ2) is 9.24. The maximum absolute atomic E-state index is 13.2. The molecule has 1 unspecified atom stereocenters. The Morgan fingerprint density at radius 3 is 2.29 bits per heavy atom. The molecule has 0 bridgehead atoms. The normalized spacial score (nSPS) is 21.1. The van der Waals surface area contributed by atoms with E-state index in [1.807, 2.05) is 47.9 Å². The number of anilines is 1. The highest BCUT2D eigenvalue weighted by Crippen LogP contribution is 2.31. The van der Waals surface area contributed by atoms with Gasteiger partial charge in [0, 0.05) is 50.7 Å². The summed E-state index contributed by atoms with van der Waals surface area (Å²) in [6.07, 6.45) is 2.57. The Kier molecular flexibility index (Phi) is 6.15. The van der Waals surface area contributed by atoms with Crippen LogP contribution in [0.5, 0.6) is 0 Å². The van der Waals surface area contributed by atoms with E-state index in [1.165, 1.54) is 11.1 Å². The number of carbonyl (C=O) groups is 3. The number of benzene rings is 2. The van der Waals surface area contributed by atoms with Crippen LogP contribution in [0.4, 0.5) is 5.69 Å². The van der Waals surface area contributed by atoms with E-state index < -0.39 is 0 Å². The lowest BCUT2D eigenvalue weighted by molar-refractivity contribution is -0.143. The minimum atomic E-state index is -0.307. The fourth-order valence-electron chi connectivity index (χ4n) is 5.68. The first kappa shape index (κ1) is 22.6. The average Bonchev–Trinajstić information content (AvgIpc) is 3.25. The SMILES string of the molecule is Cc1cccc(N2CC(C(=O)N3CCC(C(=O)N4CCc5ccccc5C4)CC3)CC2=O)c1C. The van der Waals surface area contributed by atoms with Gasteiger partial charge in [-0.05, 0) is 61.4 Å². The number of nitrogens with zero attached hydrogens (tertiary/aromatic N) is 3. The first-order chi connectivity index (χ1) is 16.4. The number of piperidine rings is 1. The highest BCUT2D eigenvalue weighted by Gasteiger charge is 2.39. The average molecular weight is 460 g/mol. The Bertz CT molecular complexity index is 1120. The number of fused-ring (bicyclic) bond motifs is 1. The van der Waals surface area contributed by atoms with Gasteiger partial charge in [-0.15, -0.1) is 0 Å². The first-order valence-electron chi connectivity index (χ1n) is 12.4. The van der Waals surface area contributed by atoms with Crippen molar-refractivity contribution in [3.8, 4) is 0 Å². The summed E-state index contributed by atoms with van der Waals surface area (Å²) in [6.45, 7) is 7.14. The third-order valence-corrected chi connectivity index (χ3v) is 7.94. The summed E-state index contributed by atoms with van der Waals surface area (Å²) in [7, 11) is 0. The molecule has 2 saturated heterocycles. The standard InChI is InChI=1S/C28H33N3O3/c1-19-6-5-9-25(20(19)2)31-18-24(16-26(31)32)28(34)29-13-11-22(12-14-29)27(33)30-15-10-21-7-3-4-8-23(21)17-30/h3-9,22,24H,10-18H2,1-2H3. The van der Waals surface area contributed by atoms with Crippen molar-refractivity contribution >= 4 is 23.4 Å². The molecular weight excluding hydrogens is 426 g/mol. The van der Waals surface area contributed by atoms with Crippen LogP contribution in [0.3, 0.4) is 0 Å². The third kappa shape index (κ3) is 4.22. The molecule has 6 nitrogen and oxygen atoms in total. The van der Waals surface area contributed by atoms with E-state index in [0.717, 1.165) is 29.8 Å². The molecule has 3 aliphatic rings. The van der Waals surface area contributed by atoms with Crippen LogP contribution in [0.1, 0.15) is 41.5 Å². The summed E-state index contributed by atoms with van der Waals surface area (Å²) in [5, 5.41) is 0. The van der Waals surface area contributed by atoms with Crippen LogP contribution < -0.4 is 4.90 Å². The molecule has 2 fully saturated rings. The second-order valence-corrected chi connectivity index (χ2v) is 10.0.